The van der Waals surface area contributed by atoms with Crippen LogP contribution in [0.1, 0.15) is 58.7 Å². The van der Waals surface area contributed by atoms with Gasteiger partial charge in [-0.1, -0.05) is 5.16 Å². The number of likely N-dealkylation sites (tertiary alicyclic amines) is 1. The fraction of sp³-hybridized carbons (Fsp3) is 0.800. The van der Waals surface area contributed by atoms with Crippen LogP contribution in [0.5, 0.6) is 0 Å². The molecule has 10 nitrogen and oxygen atoms in total. The van der Waals surface area contributed by atoms with Crippen LogP contribution in [0.4, 0.5) is 4.79 Å². The van der Waals surface area contributed by atoms with Crippen LogP contribution in [0.15, 0.2) is 9.52 Å². The number of piperidine rings is 1. The Morgan fingerprint density at radius 2 is 2.03 bits per heavy atom. The lowest BCUT2D eigenvalue weighted by molar-refractivity contribution is 0.0170. The van der Waals surface area contributed by atoms with E-state index in [1.54, 1.807) is 6.92 Å². The summed E-state index contributed by atoms with van der Waals surface area (Å²) in [5, 5.41) is 9.97. The molecule has 0 saturated carbocycles. The third-order valence-electron chi connectivity index (χ3n) is 4.36. The molecule has 170 valence electrons. The third-order valence-corrected chi connectivity index (χ3v) is 4.36. The summed E-state index contributed by atoms with van der Waals surface area (Å²) in [6.07, 6.45) is 2.47. The van der Waals surface area contributed by atoms with E-state index in [9.17, 15) is 4.79 Å². The normalized spacial score (nSPS) is 15.9. The van der Waals surface area contributed by atoms with Crippen LogP contribution in [-0.2, 0) is 16.0 Å². The lowest BCUT2D eigenvalue weighted by Gasteiger charge is -2.34. The van der Waals surface area contributed by atoms with Crippen LogP contribution in [0, 0.1) is 6.92 Å². The molecule has 1 saturated heterocycles. The fourth-order valence-electron chi connectivity index (χ4n) is 3.04. The Hall–Kier alpha value is -2.36. The SMILES string of the molecule is CCNC(=NCc1noc(C)n1)N1CCC(OCCCNC(=O)OC(C)(C)C)CC1. The summed E-state index contributed by atoms with van der Waals surface area (Å²) in [5.74, 6) is 1.99. The Kier molecular flexibility index (Phi) is 9.35. The van der Waals surface area contributed by atoms with Gasteiger partial charge in [-0.05, 0) is 47.0 Å². The smallest absolute Gasteiger partial charge is 0.407 e. The summed E-state index contributed by atoms with van der Waals surface area (Å²) < 4.78 is 16.2. The largest absolute Gasteiger partial charge is 0.444 e. The molecule has 1 aliphatic rings. The lowest BCUT2D eigenvalue weighted by atomic mass is 10.1. The molecule has 0 spiro atoms. The van der Waals surface area contributed by atoms with Gasteiger partial charge in [-0.3, -0.25) is 0 Å². The van der Waals surface area contributed by atoms with Crippen LogP contribution in [0.3, 0.4) is 0 Å². The molecule has 0 bridgehead atoms. The van der Waals surface area contributed by atoms with Crippen molar-refractivity contribution in [3.63, 3.8) is 0 Å². The number of nitrogens with one attached hydrogen (secondary N) is 2. The summed E-state index contributed by atoms with van der Waals surface area (Å²) in [7, 11) is 0. The summed E-state index contributed by atoms with van der Waals surface area (Å²) in [6.45, 7) is 13.5. The maximum atomic E-state index is 11.6. The molecule has 2 rings (SSSR count). The van der Waals surface area contributed by atoms with Crippen molar-refractivity contribution in [2.24, 2.45) is 4.99 Å². The van der Waals surface area contributed by atoms with Crippen LogP contribution in [0.2, 0.25) is 0 Å². The first kappa shape index (κ1) is 23.9. The number of rotatable bonds is 8. The number of aryl methyl sites for hydroxylation is 1. The van der Waals surface area contributed by atoms with E-state index in [2.05, 4.69) is 37.6 Å². The summed E-state index contributed by atoms with van der Waals surface area (Å²) >= 11 is 0. The first-order chi connectivity index (χ1) is 14.3. The van der Waals surface area contributed by atoms with Gasteiger partial charge in [-0.2, -0.15) is 4.98 Å². The molecular formula is C20H36N6O4. The van der Waals surface area contributed by atoms with Gasteiger partial charge >= 0.3 is 6.09 Å². The van der Waals surface area contributed by atoms with Crippen molar-refractivity contribution >= 4 is 12.1 Å². The van der Waals surface area contributed by atoms with Crippen LogP contribution < -0.4 is 10.6 Å². The second kappa shape index (κ2) is 11.7. The molecule has 0 unspecified atom stereocenters. The Morgan fingerprint density at radius 1 is 1.30 bits per heavy atom. The van der Waals surface area contributed by atoms with Crippen LogP contribution >= 0.6 is 0 Å². The van der Waals surface area contributed by atoms with E-state index >= 15 is 0 Å². The molecule has 0 atom stereocenters. The first-order valence-electron chi connectivity index (χ1n) is 10.7. The zero-order valence-corrected chi connectivity index (χ0v) is 18.9. The highest BCUT2D eigenvalue weighted by atomic mass is 16.6. The highest BCUT2D eigenvalue weighted by Gasteiger charge is 2.22. The van der Waals surface area contributed by atoms with Gasteiger partial charge in [0.05, 0.1) is 6.10 Å². The van der Waals surface area contributed by atoms with Crippen molar-refractivity contribution in [2.75, 3.05) is 32.8 Å². The molecule has 1 aliphatic heterocycles. The number of carbonyl (C=O) groups is 1. The summed E-state index contributed by atoms with van der Waals surface area (Å²) in [5.41, 5.74) is -0.478. The molecule has 2 N–H and O–H groups in total. The maximum Gasteiger partial charge on any atom is 0.407 e. The highest BCUT2D eigenvalue weighted by Crippen LogP contribution is 2.14. The lowest BCUT2D eigenvalue weighted by Crippen LogP contribution is -2.47. The topological polar surface area (TPSA) is 114 Å². The zero-order chi connectivity index (χ0) is 22.0. The number of aromatic nitrogens is 2. The molecule has 2 heterocycles. The Bertz CT molecular complexity index is 677. The maximum absolute atomic E-state index is 11.6. The zero-order valence-electron chi connectivity index (χ0n) is 18.9. The van der Waals surface area contributed by atoms with Crippen molar-refractivity contribution in [1.82, 2.24) is 25.7 Å². The van der Waals surface area contributed by atoms with Gasteiger partial charge < -0.3 is 29.5 Å². The number of alkyl carbamates (subject to hydrolysis) is 1. The van der Waals surface area contributed by atoms with Gasteiger partial charge in [0.25, 0.3) is 0 Å². The summed E-state index contributed by atoms with van der Waals surface area (Å²) in [4.78, 5) is 22.7. The van der Waals surface area contributed by atoms with Gasteiger partial charge in [0.1, 0.15) is 12.1 Å². The molecule has 0 aromatic carbocycles. The van der Waals surface area contributed by atoms with E-state index in [0.717, 1.165) is 44.9 Å². The average molecular weight is 425 g/mol. The van der Waals surface area contributed by atoms with Gasteiger partial charge in [0.2, 0.25) is 5.89 Å². The summed E-state index contributed by atoms with van der Waals surface area (Å²) in [6, 6.07) is 0. The minimum Gasteiger partial charge on any atom is -0.444 e. The number of hydrogen-bond donors (Lipinski definition) is 2. The van der Waals surface area contributed by atoms with E-state index in [4.69, 9.17) is 14.0 Å². The predicted octanol–water partition coefficient (Wildman–Crippen LogP) is 2.24. The second-order valence-electron chi connectivity index (χ2n) is 8.24. The molecule has 1 aromatic heterocycles. The number of carbonyl (C=O) groups excluding carboxylic acids is 1. The van der Waals surface area contributed by atoms with Crippen LogP contribution in [-0.4, -0.2) is 71.6 Å². The van der Waals surface area contributed by atoms with E-state index < -0.39 is 5.60 Å². The molecule has 30 heavy (non-hydrogen) atoms. The molecule has 10 heteroatoms. The predicted molar refractivity (Wildman–Crippen MR) is 113 cm³/mol. The molecule has 1 fully saturated rings. The molecule has 1 amide bonds. The number of aliphatic imine (C=N–C) groups is 1. The fourth-order valence-corrected chi connectivity index (χ4v) is 3.04. The quantitative estimate of drug-likeness (QED) is 0.371. The highest BCUT2D eigenvalue weighted by molar-refractivity contribution is 5.80. The monoisotopic (exact) mass is 424 g/mol. The molecule has 0 radical (unpaired) electrons. The first-order valence-corrected chi connectivity index (χ1v) is 10.7. The van der Waals surface area contributed by atoms with Crippen molar-refractivity contribution in [3.05, 3.63) is 11.7 Å². The molecule has 1 aromatic rings. The van der Waals surface area contributed by atoms with Gasteiger partial charge in [0, 0.05) is 39.7 Å². The van der Waals surface area contributed by atoms with E-state index in [-0.39, 0.29) is 12.2 Å². The van der Waals surface area contributed by atoms with Gasteiger partial charge in [-0.15, -0.1) is 0 Å². The molecule has 0 aliphatic carbocycles. The standard InChI is InChI=1S/C20H36N6O4/c1-6-21-18(23-14-17-24-15(2)30-25-17)26-11-8-16(9-12-26)28-13-7-10-22-19(27)29-20(3,4)5/h16H,6-14H2,1-5H3,(H,21,23)(H,22,27). The van der Waals surface area contributed by atoms with Crippen molar-refractivity contribution in [1.29, 1.82) is 0 Å². The minimum absolute atomic E-state index is 0.227. The van der Waals surface area contributed by atoms with Crippen molar-refractivity contribution in [3.8, 4) is 0 Å². The average Bonchev–Trinajstić information content (AvgIpc) is 3.09. The molecular weight excluding hydrogens is 388 g/mol. The Morgan fingerprint density at radius 3 is 2.63 bits per heavy atom. The van der Waals surface area contributed by atoms with E-state index in [1.807, 2.05) is 20.8 Å². The number of hydrogen-bond acceptors (Lipinski definition) is 7. The number of nitrogens with zero attached hydrogens (tertiary/aromatic N) is 4. The number of ether oxygens (including phenoxy) is 2. The minimum atomic E-state index is -0.478. The van der Waals surface area contributed by atoms with E-state index in [1.165, 1.54) is 0 Å². The van der Waals surface area contributed by atoms with Crippen molar-refractivity contribution in [2.45, 2.75) is 72.1 Å². The van der Waals surface area contributed by atoms with Crippen LogP contribution in [0.25, 0.3) is 0 Å². The van der Waals surface area contributed by atoms with Gasteiger partial charge in [-0.25, -0.2) is 9.79 Å². The Balaban J connectivity index is 1.66. The Labute approximate surface area is 178 Å². The van der Waals surface area contributed by atoms with E-state index in [0.29, 0.717) is 31.4 Å². The third kappa shape index (κ3) is 8.98. The number of amides is 1. The van der Waals surface area contributed by atoms with Gasteiger partial charge in [0.15, 0.2) is 11.8 Å². The second-order valence-corrected chi connectivity index (χ2v) is 8.24. The number of guanidine groups is 1. The van der Waals surface area contributed by atoms with Crippen molar-refractivity contribution < 1.29 is 18.8 Å².